The Labute approximate surface area is 131 Å². The fourth-order valence-corrected chi connectivity index (χ4v) is 2.84. The van der Waals surface area contributed by atoms with Gasteiger partial charge < -0.3 is 9.84 Å². The van der Waals surface area contributed by atoms with E-state index in [2.05, 4.69) is 31.2 Å². The first-order valence-corrected chi connectivity index (χ1v) is 8.17. The number of thioether (sulfide) groups is 1. The fraction of sp³-hybridized carbons (Fsp3) is 0.333. The Balaban J connectivity index is 1.96. The van der Waals surface area contributed by atoms with E-state index in [-0.39, 0.29) is 6.10 Å². The summed E-state index contributed by atoms with van der Waals surface area (Å²) in [4.78, 5) is 1.18. The Morgan fingerprint density at radius 1 is 1.10 bits per heavy atom. The van der Waals surface area contributed by atoms with Crippen molar-refractivity contribution in [3.63, 3.8) is 0 Å². The van der Waals surface area contributed by atoms with Gasteiger partial charge >= 0.3 is 0 Å². The van der Waals surface area contributed by atoms with Crippen molar-refractivity contribution in [2.75, 3.05) is 5.75 Å². The largest absolute Gasteiger partial charge is 0.491 e. The molecule has 3 heteroatoms. The third kappa shape index (κ3) is 5.10. The highest BCUT2D eigenvalue weighted by Gasteiger charge is 2.10. The molecule has 112 valence electrons. The number of aryl methyl sites for hydroxylation is 1. The number of aliphatic hydroxyl groups is 1. The molecule has 0 bridgehead atoms. The summed E-state index contributed by atoms with van der Waals surface area (Å²) in [5, 5.41) is 10.3. The quantitative estimate of drug-likeness (QED) is 0.790. The van der Waals surface area contributed by atoms with Crippen LogP contribution >= 0.6 is 11.8 Å². The Kier molecular flexibility index (Phi) is 5.71. The molecule has 1 atom stereocenters. The zero-order chi connectivity index (χ0) is 15.2. The first kappa shape index (κ1) is 15.9. The Hall–Kier alpha value is -1.45. The summed E-state index contributed by atoms with van der Waals surface area (Å²) in [7, 11) is 0. The van der Waals surface area contributed by atoms with Crippen LogP contribution < -0.4 is 4.74 Å². The molecule has 0 heterocycles. The van der Waals surface area contributed by atoms with Crippen LogP contribution in [0, 0.1) is 6.92 Å². The molecule has 0 amide bonds. The van der Waals surface area contributed by atoms with Crippen molar-refractivity contribution in [1.82, 2.24) is 0 Å². The van der Waals surface area contributed by atoms with Gasteiger partial charge in [0.1, 0.15) is 5.75 Å². The van der Waals surface area contributed by atoms with Crippen LogP contribution in [0.25, 0.3) is 0 Å². The van der Waals surface area contributed by atoms with Gasteiger partial charge in [-0.15, -0.1) is 11.8 Å². The summed E-state index contributed by atoms with van der Waals surface area (Å²) in [6, 6.07) is 16.1. The minimum atomic E-state index is -0.494. The second-order valence-corrected chi connectivity index (χ2v) is 6.47. The van der Waals surface area contributed by atoms with Crippen LogP contribution in [-0.4, -0.2) is 17.0 Å². The normalized spacial score (nSPS) is 12.4. The van der Waals surface area contributed by atoms with Crippen molar-refractivity contribution in [3.8, 4) is 5.75 Å². The average molecular weight is 302 g/mol. The molecule has 0 spiro atoms. The Morgan fingerprint density at radius 3 is 2.48 bits per heavy atom. The molecule has 2 aromatic rings. The SMILES string of the molecule is Cc1ccc(SCC(O)c2cccc(OC(C)C)c2)cc1. The molecule has 0 radical (unpaired) electrons. The first-order valence-electron chi connectivity index (χ1n) is 7.19. The van der Waals surface area contributed by atoms with E-state index in [0.29, 0.717) is 5.75 Å². The second kappa shape index (κ2) is 7.53. The van der Waals surface area contributed by atoms with E-state index in [0.717, 1.165) is 11.3 Å². The molecule has 21 heavy (non-hydrogen) atoms. The summed E-state index contributed by atoms with van der Waals surface area (Å²) >= 11 is 1.66. The molecule has 1 unspecified atom stereocenters. The number of benzene rings is 2. The van der Waals surface area contributed by atoms with Gasteiger partial charge in [-0.25, -0.2) is 0 Å². The van der Waals surface area contributed by atoms with E-state index >= 15 is 0 Å². The van der Waals surface area contributed by atoms with Gasteiger partial charge in [-0.1, -0.05) is 29.8 Å². The molecule has 1 N–H and O–H groups in total. The summed E-state index contributed by atoms with van der Waals surface area (Å²) in [5.41, 5.74) is 2.14. The molecule has 2 nitrogen and oxygen atoms in total. The molecule has 0 aliphatic carbocycles. The van der Waals surface area contributed by atoms with Crippen molar-refractivity contribution in [2.45, 2.75) is 37.9 Å². The van der Waals surface area contributed by atoms with Crippen molar-refractivity contribution >= 4 is 11.8 Å². The molecule has 0 saturated heterocycles. The minimum absolute atomic E-state index is 0.138. The molecule has 2 rings (SSSR count). The zero-order valence-electron chi connectivity index (χ0n) is 12.7. The van der Waals surface area contributed by atoms with Crippen LogP contribution in [-0.2, 0) is 0 Å². The lowest BCUT2D eigenvalue weighted by Gasteiger charge is -2.14. The van der Waals surface area contributed by atoms with Crippen molar-refractivity contribution in [3.05, 3.63) is 59.7 Å². The van der Waals surface area contributed by atoms with Crippen LogP contribution in [0.2, 0.25) is 0 Å². The lowest BCUT2D eigenvalue weighted by molar-refractivity contribution is 0.201. The maximum Gasteiger partial charge on any atom is 0.120 e. The highest BCUT2D eigenvalue weighted by Crippen LogP contribution is 2.27. The number of ether oxygens (including phenoxy) is 1. The molecule has 0 aromatic heterocycles. The van der Waals surface area contributed by atoms with Crippen LogP contribution in [0.1, 0.15) is 31.1 Å². The maximum atomic E-state index is 10.3. The minimum Gasteiger partial charge on any atom is -0.491 e. The average Bonchev–Trinajstić information content (AvgIpc) is 2.46. The number of rotatable bonds is 6. The lowest BCUT2D eigenvalue weighted by Crippen LogP contribution is -2.07. The van der Waals surface area contributed by atoms with E-state index in [1.165, 1.54) is 10.5 Å². The zero-order valence-corrected chi connectivity index (χ0v) is 13.6. The van der Waals surface area contributed by atoms with Crippen LogP contribution in [0.4, 0.5) is 0 Å². The summed E-state index contributed by atoms with van der Waals surface area (Å²) in [6.45, 7) is 6.07. The van der Waals surface area contributed by atoms with Gasteiger partial charge in [0.15, 0.2) is 0 Å². The third-order valence-electron chi connectivity index (χ3n) is 3.04. The van der Waals surface area contributed by atoms with E-state index in [1.54, 1.807) is 11.8 Å². The Morgan fingerprint density at radius 2 is 1.81 bits per heavy atom. The van der Waals surface area contributed by atoms with Crippen LogP contribution in [0.5, 0.6) is 5.75 Å². The van der Waals surface area contributed by atoms with Gasteiger partial charge in [0.05, 0.1) is 12.2 Å². The van der Waals surface area contributed by atoms with E-state index in [9.17, 15) is 5.11 Å². The van der Waals surface area contributed by atoms with Gasteiger partial charge in [0.2, 0.25) is 0 Å². The standard InChI is InChI=1S/C18H22O2S/c1-13(2)20-16-6-4-5-15(11-16)18(19)12-21-17-9-7-14(3)8-10-17/h4-11,13,18-19H,12H2,1-3H3. The van der Waals surface area contributed by atoms with Gasteiger partial charge in [-0.2, -0.15) is 0 Å². The van der Waals surface area contributed by atoms with Gasteiger partial charge in [0, 0.05) is 10.6 Å². The fourth-order valence-electron chi connectivity index (χ4n) is 1.97. The second-order valence-electron chi connectivity index (χ2n) is 5.38. The van der Waals surface area contributed by atoms with Gasteiger partial charge in [-0.3, -0.25) is 0 Å². The van der Waals surface area contributed by atoms with Crippen molar-refractivity contribution < 1.29 is 9.84 Å². The summed E-state index contributed by atoms with van der Waals surface area (Å²) in [6.07, 6.45) is -0.355. The Bertz CT molecular complexity index is 564. The van der Waals surface area contributed by atoms with Crippen molar-refractivity contribution in [2.24, 2.45) is 0 Å². The molecule has 0 aliphatic rings. The highest BCUT2D eigenvalue weighted by molar-refractivity contribution is 7.99. The predicted octanol–water partition coefficient (Wildman–Crippen LogP) is 4.61. The predicted molar refractivity (Wildman–Crippen MR) is 89.1 cm³/mol. The molecule has 0 fully saturated rings. The van der Waals surface area contributed by atoms with E-state index in [4.69, 9.17) is 4.74 Å². The highest BCUT2D eigenvalue weighted by atomic mass is 32.2. The number of aliphatic hydroxyl groups excluding tert-OH is 1. The van der Waals surface area contributed by atoms with E-state index < -0.39 is 6.10 Å². The van der Waals surface area contributed by atoms with Crippen molar-refractivity contribution in [1.29, 1.82) is 0 Å². The number of hydrogen-bond donors (Lipinski definition) is 1. The molecule has 0 aliphatic heterocycles. The first-order chi connectivity index (χ1) is 10.0. The third-order valence-corrected chi connectivity index (χ3v) is 4.13. The summed E-state index contributed by atoms with van der Waals surface area (Å²) in [5.74, 6) is 1.44. The topological polar surface area (TPSA) is 29.5 Å². The molecular weight excluding hydrogens is 280 g/mol. The smallest absolute Gasteiger partial charge is 0.120 e. The lowest BCUT2D eigenvalue weighted by atomic mass is 10.1. The van der Waals surface area contributed by atoms with Crippen LogP contribution in [0.15, 0.2) is 53.4 Å². The summed E-state index contributed by atoms with van der Waals surface area (Å²) < 4.78 is 5.66. The monoisotopic (exact) mass is 302 g/mol. The molecule has 0 saturated carbocycles. The maximum absolute atomic E-state index is 10.3. The van der Waals surface area contributed by atoms with E-state index in [1.807, 2.05) is 38.1 Å². The molecule has 2 aromatic carbocycles. The molecular formula is C18H22O2S. The van der Waals surface area contributed by atoms with Gasteiger partial charge in [0.25, 0.3) is 0 Å². The van der Waals surface area contributed by atoms with Crippen LogP contribution in [0.3, 0.4) is 0 Å². The number of hydrogen-bond acceptors (Lipinski definition) is 3. The van der Waals surface area contributed by atoms with Gasteiger partial charge in [-0.05, 0) is 50.6 Å².